The van der Waals surface area contributed by atoms with E-state index < -0.39 is 0 Å². The molecule has 0 spiro atoms. The van der Waals surface area contributed by atoms with Gasteiger partial charge in [-0.2, -0.15) is 0 Å². The van der Waals surface area contributed by atoms with Gasteiger partial charge < -0.3 is 0 Å². The van der Waals surface area contributed by atoms with Gasteiger partial charge in [-0.15, -0.1) is 0 Å². The fourth-order valence-electron chi connectivity index (χ4n) is 6.28. The molecule has 4 aromatic carbocycles. The molecule has 0 radical (unpaired) electrons. The summed E-state index contributed by atoms with van der Waals surface area (Å²) >= 11 is 0. The lowest BCUT2D eigenvalue weighted by molar-refractivity contribution is 0.122. The second-order valence-electron chi connectivity index (χ2n) is 12.9. The van der Waals surface area contributed by atoms with Gasteiger partial charge in [0, 0.05) is 78.5 Å². The molecule has 0 atom stereocenters. The average Bonchev–Trinajstić information content (AvgIpc) is 3.13. The van der Waals surface area contributed by atoms with Gasteiger partial charge >= 0.3 is 0 Å². The third-order valence-electron chi connectivity index (χ3n) is 9.42. The lowest BCUT2D eigenvalue weighted by atomic mass is 10.1. The Morgan fingerprint density at radius 1 is 0.312 bits per heavy atom. The lowest BCUT2D eigenvalue weighted by Gasteiger charge is -2.34. The summed E-state index contributed by atoms with van der Waals surface area (Å²) in [7, 11) is 0. The zero-order chi connectivity index (χ0) is 33.6. The number of benzene rings is 4. The summed E-state index contributed by atoms with van der Waals surface area (Å²) in [5.74, 6) is 0. The van der Waals surface area contributed by atoms with Crippen LogP contribution in [-0.4, -0.2) is 72.0 Å². The van der Waals surface area contributed by atoms with Crippen LogP contribution in [0.3, 0.4) is 0 Å². The largest absolute Gasteiger partial charge is 0.297 e. The van der Waals surface area contributed by atoms with Gasteiger partial charge in [0.2, 0.25) is 0 Å². The van der Waals surface area contributed by atoms with E-state index in [1.807, 2.05) is 24.3 Å². The van der Waals surface area contributed by atoms with Crippen LogP contribution in [0.15, 0.2) is 123 Å². The Kier molecular flexibility index (Phi) is 13.3. The standard InChI is InChI=1S/C44H52N4/c1-5-37-9-17-41(18-10-37)33-45-25-27-46(34-42-19-11-38(6-2)12-20-42)29-31-48(36-44-23-15-40(8-4)16-24-44)32-30-47(28-26-45)35-43-21-13-39(7-3)14-22-43/h5-24H,1-4,25-36H2. The molecule has 4 heteroatoms. The summed E-state index contributed by atoms with van der Waals surface area (Å²) in [5.41, 5.74) is 10.0. The molecule has 0 N–H and O–H groups in total. The zero-order valence-electron chi connectivity index (χ0n) is 28.6. The van der Waals surface area contributed by atoms with Crippen LogP contribution >= 0.6 is 0 Å². The molecule has 0 unspecified atom stereocenters. The van der Waals surface area contributed by atoms with E-state index in [1.165, 1.54) is 22.3 Å². The van der Waals surface area contributed by atoms with E-state index >= 15 is 0 Å². The van der Waals surface area contributed by atoms with Crippen LogP contribution < -0.4 is 0 Å². The molecule has 0 aliphatic carbocycles. The number of nitrogens with zero attached hydrogens (tertiary/aromatic N) is 4. The van der Waals surface area contributed by atoms with Gasteiger partial charge in [0.05, 0.1) is 0 Å². The van der Waals surface area contributed by atoms with Crippen LogP contribution in [0.25, 0.3) is 24.3 Å². The van der Waals surface area contributed by atoms with E-state index in [-0.39, 0.29) is 0 Å². The van der Waals surface area contributed by atoms with Gasteiger partial charge in [-0.3, -0.25) is 19.6 Å². The van der Waals surface area contributed by atoms with E-state index in [1.54, 1.807) is 0 Å². The molecule has 1 saturated heterocycles. The van der Waals surface area contributed by atoms with Gasteiger partial charge in [-0.25, -0.2) is 0 Å². The van der Waals surface area contributed by atoms with Crippen molar-refractivity contribution < 1.29 is 0 Å². The smallest absolute Gasteiger partial charge is 0.0234 e. The summed E-state index contributed by atoms with van der Waals surface area (Å²) < 4.78 is 0. The van der Waals surface area contributed by atoms with E-state index in [0.29, 0.717) is 0 Å². The Hall–Kier alpha value is -4.32. The summed E-state index contributed by atoms with van der Waals surface area (Å²) in [6.45, 7) is 27.6. The summed E-state index contributed by atoms with van der Waals surface area (Å²) in [6.07, 6.45) is 7.66. The van der Waals surface area contributed by atoms with Crippen LogP contribution in [0.5, 0.6) is 0 Å². The highest BCUT2D eigenvalue weighted by atomic mass is 15.3. The minimum Gasteiger partial charge on any atom is -0.297 e. The van der Waals surface area contributed by atoms with Crippen molar-refractivity contribution in [3.63, 3.8) is 0 Å². The van der Waals surface area contributed by atoms with Gasteiger partial charge in [0.15, 0.2) is 0 Å². The first kappa shape index (κ1) is 35.0. The number of hydrogen-bond acceptors (Lipinski definition) is 4. The summed E-state index contributed by atoms with van der Waals surface area (Å²) in [4.78, 5) is 10.6. The maximum absolute atomic E-state index is 3.94. The van der Waals surface area contributed by atoms with Crippen LogP contribution in [0.1, 0.15) is 44.5 Å². The molecule has 1 heterocycles. The minimum absolute atomic E-state index is 0.938. The summed E-state index contributed by atoms with van der Waals surface area (Å²) in [5, 5.41) is 0. The van der Waals surface area contributed by atoms with Gasteiger partial charge in [-0.05, 0) is 44.5 Å². The molecule has 0 saturated carbocycles. The molecular formula is C44H52N4. The molecule has 0 bridgehead atoms. The first-order valence-electron chi connectivity index (χ1n) is 17.3. The Bertz CT molecular complexity index is 1320. The van der Waals surface area contributed by atoms with Crippen LogP contribution in [0.4, 0.5) is 0 Å². The zero-order valence-corrected chi connectivity index (χ0v) is 28.6. The molecule has 1 aliphatic heterocycles. The molecular weight excluding hydrogens is 585 g/mol. The monoisotopic (exact) mass is 636 g/mol. The fraction of sp³-hybridized carbons (Fsp3) is 0.273. The van der Waals surface area contributed by atoms with Gasteiger partial charge in [0.1, 0.15) is 0 Å². The highest BCUT2D eigenvalue weighted by Crippen LogP contribution is 2.15. The fourth-order valence-corrected chi connectivity index (χ4v) is 6.28. The van der Waals surface area contributed by atoms with Crippen molar-refractivity contribution in [1.29, 1.82) is 0 Å². The number of rotatable bonds is 12. The van der Waals surface area contributed by atoms with Crippen molar-refractivity contribution in [3.05, 3.63) is 168 Å². The number of hydrogen-bond donors (Lipinski definition) is 0. The van der Waals surface area contributed by atoms with Crippen molar-refractivity contribution in [1.82, 2.24) is 19.6 Å². The third kappa shape index (κ3) is 10.9. The van der Waals surface area contributed by atoms with Crippen LogP contribution in [-0.2, 0) is 26.2 Å². The van der Waals surface area contributed by atoms with Crippen molar-refractivity contribution in [2.45, 2.75) is 26.2 Å². The van der Waals surface area contributed by atoms with Crippen molar-refractivity contribution in [2.75, 3.05) is 52.4 Å². The predicted molar refractivity (Wildman–Crippen MR) is 207 cm³/mol. The Labute approximate surface area is 289 Å². The molecule has 5 rings (SSSR count). The Balaban J connectivity index is 1.37. The Morgan fingerprint density at radius 3 is 0.625 bits per heavy atom. The topological polar surface area (TPSA) is 13.0 Å². The highest BCUT2D eigenvalue weighted by Gasteiger charge is 2.18. The van der Waals surface area contributed by atoms with E-state index in [2.05, 4.69) is 143 Å². The van der Waals surface area contributed by atoms with Crippen molar-refractivity contribution >= 4 is 24.3 Å². The first-order valence-corrected chi connectivity index (χ1v) is 17.3. The SMILES string of the molecule is C=Cc1ccc(CN2CCN(Cc3ccc(C=C)cc3)CCN(Cc3ccc(C=C)cc3)CCN(Cc3ccc(C=C)cc3)CC2)cc1. The van der Waals surface area contributed by atoms with E-state index in [9.17, 15) is 0 Å². The highest BCUT2D eigenvalue weighted by molar-refractivity contribution is 5.49. The molecule has 1 fully saturated rings. The Morgan fingerprint density at radius 2 is 0.479 bits per heavy atom. The lowest BCUT2D eigenvalue weighted by Crippen LogP contribution is -2.45. The molecule has 4 aromatic rings. The summed E-state index contributed by atoms with van der Waals surface area (Å²) in [6, 6.07) is 35.5. The maximum atomic E-state index is 3.94. The van der Waals surface area contributed by atoms with E-state index in [0.717, 1.165) is 101 Å². The predicted octanol–water partition coefficient (Wildman–Crippen LogP) is 8.58. The normalized spacial score (nSPS) is 16.0. The van der Waals surface area contributed by atoms with Crippen molar-refractivity contribution in [3.8, 4) is 0 Å². The van der Waals surface area contributed by atoms with Gasteiger partial charge in [0.25, 0.3) is 0 Å². The molecule has 0 aromatic heterocycles. The van der Waals surface area contributed by atoms with Gasteiger partial charge in [-0.1, -0.05) is 148 Å². The molecule has 248 valence electrons. The molecule has 1 aliphatic rings. The third-order valence-corrected chi connectivity index (χ3v) is 9.42. The first-order chi connectivity index (χ1) is 23.5. The molecule has 48 heavy (non-hydrogen) atoms. The second-order valence-corrected chi connectivity index (χ2v) is 12.9. The average molecular weight is 637 g/mol. The minimum atomic E-state index is 0.938. The van der Waals surface area contributed by atoms with Crippen molar-refractivity contribution in [2.24, 2.45) is 0 Å². The van der Waals surface area contributed by atoms with Crippen LogP contribution in [0, 0.1) is 0 Å². The van der Waals surface area contributed by atoms with E-state index in [4.69, 9.17) is 0 Å². The quantitative estimate of drug-likeness (QED) is 0.154. The molecule has 0 amide bonds. The van der Waals surface area contributed by atoms with Crippen LogP contribution in [0.2, 0.25) is 0 Å². The maximum Gasteiger partial charge on any atom is 0.0234 e. The second kappa shape index (κ2) is 18.3. The molecule has 4 nitrogen and oxygen atoms in total.